The zero-order chi connectivity index (χ0) is 17.3. The van der Waals surface area contributed by atoms with E-state index in [0.29, 0.717) is 23.6 Å². The fraction of sp³-hybridized carbons (Fsp3) is 0.650. The van der Waals surface area contributed by atoms with E-state index in [1.807, 2.05) is 6.07 Å². The summed E-state index contributed by atoms with van der Waals surface area (Å²) in [5, 5.41) is 5.19. The minimum Gasteiger partial charge on any atom is -0.336 e. The number of fused-ring (bicyclic) bond motifs is 2. The molecule has 1 amide bonds. The van der Waals surface area contributed by atoms with E-state index in [9.17, 15) is 4.79 Å². The van der Waals surface area contributed by atoms with Gasteiger partial charge in [0.1, 0.15) is 0 Å². The third-order valence-electron chi connectivity index (χ3n) is 6.56. The third kappa shape index (κ3) is 2.38. The summed E-state index contributed by atoms with van der Waals surface area (Å²) in [4.78, 5) is 22.8. The second kappa shape index (κ2) is 5.52. The van der Waals surface area contributed by atoms with Crippen LogP contribution in [0.25, 0.3) is 11.1 Å². The fourth-order valence-electron chi connectivity index (χ4n) is 4.73. The van der Waals surface area contributed by atoms with E-state index in [4.69, 9.17) is 9.51 Å². The molecule has 1 atom stereocenters. The zero-order valence-electron chi connectivity index (χ0n) is 15.0. The molecule has 0 spiro atoms. The standard InChI is InChI=1S/C20H24N4O2/c25-20(24-9-8-23-7-1-2-14(23)11-24)15-10-16(12-3-4-12)21-19-17(15)18(22-26-19)13-5-6-13/h10,12-14H,1-9,11H2. The first kappa shape index (κ1) is 15.1. The molecule has 2 saturated heterocycles. The van der Waals surface area contributed by atoms with Gasteiger partial charge in [0, 0.05) is 43.2 Å². The van der Waals surface area contributed by atoms with E-state index >= 15 is 0 Å². The van der Waals surface area contributed by atoms with E-state index < -0.39 is 0 Å². The number of hydrogen-bond acceptors (Lipinski definition) is 5. The first-order chi connectivity index (χ1) is 12.8. The number of rotatable bonds is 3. The van der Waals surface area contributed by atoms with Crippen LogP contribution < -0.4 is 0 Å². The first-order valence-electron chi connectivity index (χ1n) is 10.1. The molecule has 2 aliphatic heterocycles. The van der Waals surface area contributed by atoms with Crippen molar-refractivity contribution in [3.63, 3.8) is 0 Å². The molecular formula is C20H24N4O2. The summed E-state index contributed by atoms with van der Waals surface area (Å²) < 4.78 is 5.58. The Morgan fingerprint density at radius 3 is 2.73 bits per heavy atom. The van der Waals surface area contributed by atoms with Gasteiger partial charge in [-0.2, -0.15) is 0 Å². The largest absolute Gasteiger partial charge is 0.336 e. The molecule has 6 nitrogen and oxygen atoms in total. The van der Waals surface area contributed by atoms with E-state index in [0.717, 1.165) is 67.7 Å². The van der Waals surface area contributed by atoms with Gasteiger partial charge in [0.15, 0.2) is 0 Å². The maximum atomic E-state index is 13.5. The molecule has 2 saturated carbocycles. The van der Waals surface area contributed by atoms with Crippen LogP contribution in [-0.2, 0) is 0 Å². The van der Waals surface area contributed by atoms with E-state index in [2.05, 4.69) is 15.0 Å². The van der Waals surface area contributed by atoms with Gasteiger partial charge in [0.05, 0.1) is 16.6 Å². The van der Waals surface area contributed by atoms with Crippen molar-refractivity contribution in [1.82, 2.24) is 19.9 Å². The maximum absolute atomic E-state index is 13.5. The third-order valence-corrected chi connectivity index (χ3v) is 6.56. The fourth-order valence-corrected chi connectivity index (χ4v) is 4.73. The average Bonchev–Trinajstić information content (AvgIpc) is 3.60. The number of carbonyl (C=O) groups is 1. The average molecular weight is 352 g/mol. The molecular weight excluding hydrogens is 328 g/mol. The van der Waals surface area contributed by atoms with Crippen LogP contribution >= 0.6 is 0 Å². The van der Waals surface area contributed by atoms with Crippen LogP contribution in [-0.4, -0.2) is 58.1 Å². The van der Waals surface area contributed by atoms with E-state index in [1.165, 1.54) is 19.4 Å². The van der Waals surface area contributed by atoms with Crippen LogP contribution in [0.5, 0.6) is 0 Å². The quantitative estimate of drug-likeness (QED) is 0.850. The van der Waals surface area contributed by atoms with Gasteiger partial charge in [0.25, 0.3) is 11.6 Å². The van der Waals surface area contributed by atoms with Crippen molar-refractivity contribution in [2.45, 2.75) is 56.4 Å². The highest BCUT2D eigenvalue weighted by molar-refractivity contribution is 6.06. The lowest BCUT2D eigenvalue weighted by molar-refractivity contribution is 0.0573. The normalized spacial score (nSPS) is 26.5. The van der Waals surface area contributed by atoms with Crippen molar-refractivity contribution in [2.24, 2.45) is 0 Å². The van der Waals surface area contributed by atoms with Gasteiger partial charge in [-0.15, -0.1) is 0 Å². The number of piperazine rings is 1. The van der Waals surface area contributed by atoms with Gasteiger partial charge in [-0.25, -0.2) is 4.98 Å². The Bertz CT molecular complexity index is 883. The second-order valence-electron chi connectivity index (χ2n) is 8.47. The van der Waals surface area contributed by atoms with Gasteiger partial charge in [0.2, 0.25) is 0 Å². The van der Waals surface area contributed by atoms with Gasteiger partial charge < -0.3 is 9.42 Å². The van der Waals surface area contributed by atoms with E-state index in [-0.39, 0.29) is 5.91 Å². The van der Waals surface area contributed by atoms with Gasteiger partial charge in [-0.05, 0) is 51.1 Å². The monoisotopic (exact) mass is 352 g/mol. The predicted octanol–water partition coefficient (Wildman–Crippen LogP) is 2.90. The van der Waals surface area contributed by atoms with Crippen LogP contribution in [0.4, 0.5) is 0 Å². The minimum atomic E-state index is 0.149. The number of pyridine rings is 1. The second-order valence-corrected chi connectivity index (χ2v) is 8.47. The topological polar surface area (TPSA) is 62.5 Å². The number of carbonyl (C=O) groups excluding carboxylic acids is 1. The van der Waals surface area contributed by atoms with Gasteiger partial charge in [-0.3, -0.25) is 9.69 Å². The Kier molecular flexibility index (Phi) is 3.22. The molecule has 2 aliphatic carbocycles. The molecule has 4 aliphatic rings. The Morgan fingerprint density at radius 1 is 1.08 bits per heavy atom. The molecule has 2 aromatic rings. The number of aromatic nitrogens is 2. The molecule has 136 valence electrons. The first-order valence-corrected chi connectivity index (χ1v) is 10.1. The van der Waals surface area contributed by atoms with Crippen molar-refractivity contribution in [3.05, 3.63) is 23.0 Å². The predicted molar refractivity (Wildman–Crippen MR) is 96.3 cm³/mol. The minimum absolute atomic E-state index is 0.149. The summed E-state index contributed by atoms with van der Waals surface area (Å²) >= 11 is 0. The Balaban J connectivity index is 1.41. The lowest BCUT2D eigenvalue weighted by atomic mass is 10.0. The highest BCUT2D eigenvalue weighted by Gasteiger charge is 2.37. The Hall–Kier alpha value is -1.95. The Morgan fingerprint density at radius 2 is 1.92 bits per heavy atom. The van der Waals surface area contributed by atoms with Gasteiger partial charge in [-0.1, -0.05) is 5.16 Å². The molecule has 0 bridgehead atoms. The summed E-state index contributed by atoms with van der Waals surface area (Å²) in [6, 6.07) is 2.59. The van der Waals surface area contributed by atoms with Crippen molar-refractivity contribution >= 4 is 17.0 Å². The molecule has 4 heterocycles. The van der Waals surface area contributed by atoms with Crippen LogP contribution in [0, 0.1) is 0 Å². The van der Waals surface area contributed by atoms with Crippen LogP contribution in [0.1, 0.15) is 72.1 Å². The number of nitrogens with zero attached hydrogens (tertiary/aromatic N) is 4. The summed E-state index contributed by atoms with van der Waals surface area (Å²) in [6.07, 6.45) is 7.08. The van der Waals surface area contributed by atoms with Crippen molar-refractivity contribution in [1.29, 1.82) is 0 Å². The lowest BCUT2D eigenvalue weighted by Gasteiger charge is -2.37. The number of hydrogen-bond donors (Lipinski definition) is 0. The molecule has 6 heteroatoms. The van der Waals surface area contributed by atoms with Crippen LogP contribution in [0.15, 0.2) is 10.6 Å². The highest BCUT2D eigenvalue weighted by atomic mass is 16.5. The molecule has 0 radical (unpaired) electrons. The SMILES string of the molecule is O=C(c1cc(C2CC2)nc2onc(C3CC3)c12)N1CCN2CCCC2C1. The van der Waals surface area contributed by atoms with Crippen molar-refractivity contribution in [3.8, 4) is 0 Å². The summed E-state index contributed by atoms with van der Waals surface area (Å²) in [5.74, 6) is 1.09. The smallest absolute Gasteiger partial charge is 0.259 e. The highest BCUT2D eigenvalue weighted by Crippen LogP contribution is 2.45. The van der Waals surface area contributed by atoms with Crippen molar-refractivity contribution < 1.29 is 9.32 Å². The zero-order valence-corrected chi connectivity index (χ0v) is 15.0. The molecule has 4 fully saturated rings. The lowest BCUT2D eigenvalue weighted by Crippen LogP contribution is -2.52. The maximum Gasteiger partial charge on any atom is 0.259 e. The molecule has 0 aromatic carbocycles. The molecule has 2 aromatic heterocycles. The molecule has 0 N–H and O–H groups in total. The van der Waals surface area contributed by atoms with Gasteiger partial charge >= 0.3 is 0 Å². The molecule has 1 unspecified atom stereocenters. The van der Waals surface area contributed by atoms with Crippen molar-refractivity contribution in [2.75, 3.05) is 26.2 Å². The Labute approximate surface area is 152 Å². The van der Waals surface area contributed by atoms with Crippen LogP contribution in [0.3, 0.4) is 0 Å². The van der Waals surface area contributed by atoms with Crippen LogP contribution in [0.2, 0.25) is 0 Å². The summed E-state index contributed by atoms with van der Waals surface area (Å²) in [7, 11) is 0. The van der Waals surface area contributed by atoms with E-state index in [1.54, 1.807) is 0 Å². The number of amides is 1. The summed E-state index contributed by atoms with van der Waals surface area (Å²) in [5.41, 5.74) is 3.32. The summed E-state index contributed by atoms with van der Waals surface area (Å²) in [6.45, 7) is 3.86. The molecule has 6 rings (SSSR count). The molecule has 26 heavy (non-hydrogen) atoms.